The summed E-state index contributed by atoms with van der Waals surface area (Å²) in [6, 6.07) is 9.17. The van der Waals surface area contributed by atoms with E-state index < -0.39 is 0 Å². The first-order valence-electron chi connectivity index (χ1n) is 9.45. The molecule has 5 rings (SSSR count). The second kappa shape index (κ2) is 6.29. The normalized spacial score (nSPS) is 17.7. The van der Waals surface area contributed by atoms with Gasteiger partial charge in [-0.25, -0.2) is 4.98 Å². The molecule has 2 aliphatic rings. The number of piperazine rings is 1. The van der Waals surface area contributed by atoms with E-state index in [2.05, 4.69) is 62.5 Å². The average Bonchev–Trinajstić information content (AvgIpc) is 3.47. The van der Waals surface area contributed by atoms with Crippen LogP contribution in [0.5, 0.6) is 0 Å². The molecule has 1 aromatic carbocycles. The van der Waals surface area contributed by atoms with Gasteiger partial charge in [0.25, 0.3) is 0 Å². The van der Waals surface area contributed by atoms with E-state index in [1.54, 1.807) is 0 Å². The van der Waals surface area contributed by atoms with Crippen LogP contribution < -0.4 is 15.5 Å². The lowest BCUT2D eigenvalue weighted by molar-refractivity contribution is 0.589. The van der Waals surface area contributed by atoms with Gasteiger partial charge in [0.05, 0.1) is 0 Å². The molecule has 0 atom stereocenters. The molecule has 2 aromatic heterocycles. The summed E-state index contributed by atoms with van der Waals surface area (Å²) in [6.45, 7) is 6.35. The monoisotopic (exact) mass is 348 g/mol. The Balaban J connectivity index is 1.38. The molecule has 1 saturated heterocycles. The second-order valence-corrected chi connectivity index (χ2v) is 7.29. The molecule has 1 aliphatic heterocycles. The van der Waals surface area contributed by atoms with Crippen molar-refractivity contribution in [1.82, 2.24) is 19.9 Å². The number of hydrogen-bond donors (Lipinski definition) is 2. The first-order valence-corrected chi connectivity index (χ1v) is 9.45. The summed E-state index contributed by atoms with van der Waals surface area (Å²) in [5, 5.41) is 7.89. The third-order valence-electron chi connectivity index (χ3n) is 5.32. The number of aryl methyl sites for hydroxylation is 1. The number of fused-ring (bicyclic) bond motifs is 1. The van der Waals surface area contributed by atoms with Crippen LogP contribution >= 0.6 is 0 Å². The van der Waals surface area contributed by atoms with E-state index in [9.17, 15) is 0 Å². The van der Waals surface area contributed by atoms with E-state index in [0.717, 1.165) is 42.9 Å². The summed E-state index contributed by atoms with van der Waals surface area (Å²) in [5.41, 5.74) is 4.58. The molecular formula is C20H24N6. The Bertz CT molecular complexity index is 919. The molecule has 0 amide bonds. The standard InChI is InChI=1S/C20H24N6/c1-14-13-26(17-6-7-17)19-18(14)12-22-20(24-19)23-15-2-4-16(5-3-15)25-10-8-21-9-11-25/h2-5,12-13,17,21H,6-11H2,1H3,(H,22,23,24). The van der Waals surface area contributed by atoms with Gasteiger partial charge in [0.1, 0.15) is 5.65 Å². The Hall–Kier alpha value is -2.60. The molecule has 134 valence electrons. The predicted molar refractivity (Wildman–Crippen MR) is 105 cm³/mol. The van der Waals surface area contributed by atoms with E-state index in [1.165, 1.54) is 24.1 Å². The fraction of sp³-hybridized carbons (Fsp3) is 0.400. The van der Waals surface area contributed by atoms with Crippen LogP contribution in [0.4, 0.5) is 17.3 Å². The van der Waals surface area contributed by atoms with Crippen molar-refractivity contribution >= 4 is 28.4 Å². The van der Waals surface area contributed by atoms with Crippen LogP contribution in [-0.2, 0) is 0 Å². The Labute approximate surface area is 153 Å². The molecule has 0 bridgehead atoms. The fourth-order valence-electron chi connectivity index (χ4n) is 3.69. The molecule has 3 heterocycles. The van der Waals surface area contributed by atoms with Gasteiger partial charge < -0.3 is 20.1 Å². The Morgan fingerprint density at radius 3 is 2.62 bits per heavy atom. The van der Waals surface area contributed by atoms with Crippen molar-refractivity contribution in [3.8, 4) is 0 Å². The number of anilines is 3. The highest BCUT2D eigenvalue weighted by atomic mass is 15.2. The summed E-state index contributed by atoms with van der Waals surface area (Å²) in [4.78, 5) is 11.7. The van der Waals surface area contributed by atoms with Crippen LogP contribution in [0, 0.1) is 6.92 Å². The summed E-state index contributed by atoms with van der Waals surface area (Å²) in [6.07, 6.45) is 6.66. The summed E-state index contributed by atoms with van der Waals surface area (Å²) in [7, 11) is 0. The van der Waals surface area contributed by atoms with Crippen LogP contribution in [0.15, 0.2) is 36.7 Å². The predicted octanol–water partition coefficient (Wildman–Crippen LogP) is 3.23. The number of benzene rings is 1. The van der Waals surface area contributed by atoms with Crippen molar-refractivity contribution in [3.05, 3.63) is 42.2 Å². The van der Waals surface area contributed by atoms with Gasteiger partial charge in [-0.2, -0.15) is 4.98 Å². The van der Waals surface area contributed by atoms with Crippen molar-refractivity contribution in [2.75, 3.05) is 36.4 Å². The minimum absolute atomic E-state index is 0.618. The van der Waals surface area contributed by atoms with E-state index in [-0.39, 0.29) is 0 Å². The zero-order valence-corrected chi connectivity index (χ0v) is 15.1. The lowest BCUT2D eigenvalue weighted by atomic mass is 10.2. The summed E-state index contributed by atoms with van der Waals surface area (Å²) in [5.74, 6) is 0.660. The quantitative estimate of drug-likeness (QED) is 0.758. The maximum absolute atomic E-state index is 4.79. The van der Waals surface area contributed by atoms with Gasteiger partial charge in [-0.3, -0.25) is 0 Å². The highest BCUT2D eigenvalue weighted by molar-refractivity contribution is 5.81. The Kier molecular flexibility index (Phi) is 3.78. The fourth-order valence-corrected chi connectivity index (χ4v) is 3.69. The molecular weight excluding hydrogens is 324 g/mol. The van der Waals surface area contributed by atoms with Crippen molar-refractivity contribution in [3.63, 3.8) is 0 Å². The van der Waals surface area contributed by atoms with E-state index in [1.807, 2.05) is 6.20 Å². The van der Waals surface area contributed by atoms with Gasteiger partial charge in [0.15, 0.2) is 0 Å². The first kappa shape index (κ1) is 15.6. The molecule has 6 heteroatoms. The van der Waals surface area contributed by atoms with Crippen LogP contribution in [0.1, 0.15) is 24.4 Å². The maximum atomic E-state index is 4.79. The van der Waals surface area contributed by atoms with Crippen LogP contribution in [0.25, 0.3) is 11.0 Å². The third-order valence-corrected chi connectivity index (χ3v) is 5.32. The first-order chi connectivity index (χ1) is 12.8. The smallest absolute Gasteiger partial charge is 0.229 e. The van der Waals surface area contributed by atoms with E-state index in [4.69, 9.17) is 4.98 Å². The minimum Gasteiger partial charge on any atom is -0.369 e. The molecule has 2 N–H and O–H groups in total. The molecule has 1 aliphatic carbocycles. The zero-order valence-electron chi connectivity index (χ0n) is 15.1. The van der Waals surface area contributed by atoms with Gasteiger partial charge in [0, 0.05) is 61.4 Å². The van der Waals surface area contributed by atoms with Crippen molar-refractivity contribution in [2.24, 2.45) is 0 Å². The van der Waals surface area contributed by atoms with Gasteiger partial charge in [0.2, 0.25) is 5.95 Å². The summed E-state index contributed by atoms with van der Waals surface area (Å²) >= 11 is 0. The average molecular weight is 348 g/mol. The molecule has 2 fully saturated rings. The van der Waals surface area contributed by atoms with Crippen molar-refractivity contribution in [2.45, 2.75) is 25.8 Å². The van der Waals surface area contributed by atoms with Crippen LogP contribution in [-0.4, -0.2) is 40.7 Å². The van der Waals surface area contributed by atoms with Crippen LogP contribution in [0.3, 0.4) is 0 Å². The molecule has 0 spiro atoms. The second-order valence-electron chi connectivity index (χ2n) is 7.29. The number of nitrogens with zero attached hydrogens (tertiary/aromatic N) is 4. The van der Waals surface area contributed by atoms with Gasteiger partial charge in [-0.1, -0.05) is 0 Å². The third kappa shape index (κ3) is 2.90. The Morgan fingerprint density at radius 2 is 1.88 bits per heavy atom. The van der Waals surface area contributed by atoms with E-state index >= 15 is 0 Å². The van der Waals surface area contributed by atoms with Gasteiger partial charge >= 0.3 is 0 Å². The molecule has 1 saturated carbocycles. The van der Waals surface area contributed by atoms with Gasteiger partial charge in [-0.15, -0.1) is 0 Å². The molecule has 3 aromatic rings. The number of rotatable bonds is 4. The largest absolute Gasteiger partial charge is 0.369 e. The van der Waals surface area contributed by atoms with E-state index in [0.29, 0.717) is 12.0 Å². The van der Waals surface area contributed by atoms with Crippen molar-refractivity contribution in [1.29, 1.82) is 0 Å². The molecule has 0 unspecified atom stereocenters. The van der Waals surface area contributed by atoms with Gasteiger partial charge in [-0.05, 0) is 49.6 Å². The van der Waals surface area contributed by atoms with Crippen molar-refractivity contribution < 1.29 is 0 Å². The zero-order chi connectivity index (χ0) is 17.5. The SMILES string of the molecule is Cc1cn(C2CC2)c2nc(Nc3ccc(N4CCNCC4)cc3)ncc12. The number of nitrogens with one attached hydrogen (secondary N) is 2. The lowest BCUT2D eigenvalue weighted by Gasteiger charge is -2.29. The highest BCUT2D eigenvalue weighted by Gasteiger charge is 2.26. The number of aromatic nitrogens is 3. The molecule has 26 heavy (non-hydrogen) atoms. The topological polar surface area (TPSA) is 58.0 Å². The summed E-state index contributed by atoms with van der Waals surface area (Å²) < 4.78 is 2.31. The highest BCUT2D eigenvalue weighted by Crippen LogP contribution is 2.38. The maximum Gasteiger partial charge on any atom is 0.229 e. The lowest BCUT2D eigenvalue weighted by Crippen LogP contribution is -2.43. The molecule has 6 nitrogen and oxygen atoms in total. The molecule has 0 radical (unpaired) electrons. The minimum atomic E-state index is 0.618. The van der Waals surface area contributed by atoms with Crippen LogP contribution in [0.2, 0.25) is 0 Å². The number of hydrogen-bond acceptors (Lipinski definition) is 5. The Morgan fingerprint density at radius 1 is 1.12 bits per heavy atom.